The fourth-order valence-corrected chi connectivity index (χ4v) is 3.81. The minimum atomic E-state index is -0.613. The Morgan fingerprint density at radius 1 is 1.23 bits per heavy atom. The van der Waals surface area contributed by atoms with Crippen LogP contribution in [-0.4, -0.2) is 43.6 Å². The Bertz CT molecular complexity index is 1400. The summed E-state index contributed by atoms with van der Waals surface area (Å²) >= 11 is 0. The zero-order valence-electron chi connectivity index (χ0n) is 19.3. The van der Waals surface area contributed by atoms with Crippen molar-refractivity contribution in [3.05, 3.63) is 73.1 Å². The van der Waals surface area contributed by atoms with Crippen LogP contribution in [0.5, 0.6) is 11.5 Å². The first-order chi connectivity index (χ1) is 16.8. The Labute approximate surface area is 200 Å². The molecular weight excluding hydrogens is 454 g/mol. The average molecular weight is 479 g/mol. The van der Waals surface area contributed by atoms with Crippen LogP contribution in [0, 0.1) is 11.6 Å². The molecule has 0 unspecified atom stereocenters. The van der Waals surface area contributed by atoms with E-state index in [1.807, 2.05) is 13.8 Å². The number of ether oxygens (including phenoxy) is 1. The molecule has 1 atom stereocenters. The van der Waals surface area contributed by atoms with Crippen molar-refractivity contribution in [2.45, 2.75) is 19.9 Å². The molecule has 0 spiro atoms. The van der Waals surface area contributed by atoms with E-state index in [9.17, 15) is 9.18 Å². The number of anilines is 1. The SMILES string of the molecule is C=CC(=O)N(CC)C[C@H](C)n1nc(-c2ccc(Oc3cccc(F)c3)cc2F)c2c(N)ncnc21. The lowest BCUT2D eigenvalue weighted by Gasteiger charge is -2.23. The van der Waals surface area contributed by atoms with E-state index in [-0.39, 0.29) is 40.5 Å². The number of aromatic nitrogens is 4. The number of hydrogen-bond donors (Lipinski definition) is 1. The fraction of sp³-hybridized carbons (Fsp3) is 0.200. The molecule has 8 nitrogen and oxygen atoms in total. The molecular formula is C25H24F2N6O2. The van der Waals surface area contributed by atoms with Gasteiger partial charge in [-0.15, -0.1) is 0 Å². The van der Waals surface area contributed by atoms with Gasteiger partial charge in [-0.1, -0.05) is 12.6 Å². The summed E-state index contributed by atoms with van der Waals surface area (Å²) in [4.78, 5) is 22.1. The molecule has 35 heavy (non-hydrogen) atoms. The number of nitrogens with two attached hydrogens (primary N) is 1. The van der Waals surface area contributed by atoms with E-state index in [1.165, 1.54) is 42.7 Å². The second-order valence-corrected chi connectivity index (χ2v) is 7.88. The van der Waals surface area contributed by atoms with Crippen molar-refractivity contribution in [1.29, 1.82) is 0 Å². The number of fused-ring (bicyclic) bond motifs is 1. The molecule has 0 radical (unpaired) electrons. The van der Waals surface area contributed by atoms with Gasteiger partial charge in [0.2, 0.25) is 5.91 Å². The van der Waals surface area contributed by atoms with Crippen molar-refractivity contribution in [1.82, 2.24) is 24.6 Å². The van der Waals surface area contributed by atoms with Gasteiger partial charge in [0.05, 0.1) is 11.4 Å². The highest BCUT2D eigenvalue weighted by molar-refractivity contribution is 5.98. The number of likely N-dealkylation sites (N-methyl/N-ethyl adjacent to an activating group) is 1. The first-order valence-corrected chi connectivity index (χ1v) is 11.0. The average Bonchev–Trinajstić information content (AvgIpc) is 3.23. The topological polar surface area (TPSA) is 99.2 Å². The van der Waals surface area contributed by atoms with Crippen molar-refractivity contribution >= 4 is 22.8 Å². The number of amides is 1. The normalized spacial score (nSPS) is 11.9. The Balaban J connectivity index is 1.73. The molecule has 0 aliphatic rings. The molecule has 180 valence electrons. The van der Waals surface area contributed by atoms with E-state index in [0.717, 1.165) is 0 Å². The van der Waals surface area contributed by atoms with Crippen LogP contribution >= 0.6 is 0 Å². The first kappa shape index (κ1) is 23.8. The molecule has 0 saturated heterocycles. The van der Waals surface area contributed by atoms with E-state index in [1.54, 1.807) is 21.7 Å². The van der Waals surface area contributed by atoms with Crippen LogP contribution in [0.4, 0.5) is 14.6 Å². The molecule has 0 aliphatic carbocycles. The number of nitrogens with zero attached hydrogens (tertiary/aromatic N) is 5. The third kappa shape index (κ3) is 4.81. The van der Waals surface area contributed by atoms with E-state index in [0.29, 0.717) is 24.1 Å². The summed E-state index contributed by atoms with van der Waals surface area (Å²) in [6.45, 7) is 8.10. The summed E-state index contributed by atoms with van der Waals surface area (Å²) in [5, 5.41) is 5.02. The summed E-state index contributed by atoms with van der Waals surface area (Å²) in [5.74, 6) is -0.689. The largest absolute Gasteiger partial charge is 0.457 e. The lowest BCUT2D eigenvalue weighted by atomic mass is 10.1. The van der Waals surface area contributed by atoms with E-state index in [2.05, 4.69) is 21.6 Å². The minimum absolute atomic E-state index is 0.150. The first-order valence-electron chi connectivity index (χ1n) is 11.0. The molecule has 4 rings (SSSR count). The maximum Gasteiger partial charge on any atom is 0.246 e. The Morgan fingerprint density at radius 3 is 2.69 bits per heavy atom. The predicted molar refractivity (Wildman–Crippen MR) is 129 cm³/mol. The third-order valence-electron chi connectivity index (χ3n) is 5.52. The van der Waals surface area contributed by atoms with Crippen LogP contribution in [-0.2, 0) is 4.79 Å². The maximum atomic E-state index is 15.3. The molecule has 10 heteroatoms. The number of carbonyl (C=O) groups is 1. The Kier molecular flexibility index (Phi) is 6.72. The predicted octanol–water partition coefficient (Wildman–Crippen LogP) is 4.74. The molecule has 4 aromatic rings. The molecule has 2 aromatic heterocycles. The lowest BCUT2D eigenvalue weighted by Crippen LogP contribution is -2.34. The quantitative estimate of drug-likeness (QED) is 0.367. The smallest absolute Gasteiger partial charge is 0.246 e. The van der Waals surface area contributed by atoms with E-state index >= 15 is 4.39 Å². The highest BCUT2D eigenvalue weighted by Crippen LogP contribution is 2.35. The maximum absolute atomic E-state index is 15.3. The van der Waals surface area contributed by atoms with Gasteiger partial charge in [0.25, 0.3) is 0 Å². The number of rotatable bonds is 8. The molecule has 2 heterocycles. The third-order valence-corrected chi connectivity index (χ3v) is 5.52. The van der Waals surface area contributed by atoms with Gasteiger partial charge in [-0.05, 0) is 44.2 Å². The van der Waals surface area contributed by atoms with Crippen molar-refractivity contribution in [3.8, 4) is 22.8 Å². The van der Waals surface area contributed by atoms with Gasteiger partial charge in [0, 0.05) is 30.8 Å². The van der Waals surface area contributed by atoms with Gasteiger partial charge in [-0.2, -0.15) is 5.10 Å². The van der Waals surface area contributed by atoms with Crippen LogP contribution in [0.25, 0.3) is 22.3 Å². The summed E-state index contributed by atoms with van der Waals surface area (Å²) in [6, 6.07) is 9.51. The Hall–Kier alpha value is -4.34. The van der Waals surface area contributed by atoms with Gasteiger partial charge < -0.3 is 15.4 Å². The van der Waals surface area contributed by atoms with Crippen molar-refractivity contribution in [2.75, 3.05) is 18.8 Å². The van der Waals surface area contributed by atoms with Crippen LogP contribution in [0.3, 0.4) is 0 Å². The van der Waals surface area contributed by atoms with Gasteiger partial charge in [0.1, 0.15) is 41.0 Å². The van der Waals surface area contributed by atoms with Gasteiger partial charge in [-0.25, -0.2) is 23.4 Å². The second-order valence-electron chi connectivity index (χ2n) is 7.88. The monoisotopic (exact) mass is 478 g/mol. The highest BCUT2D eigenvalue weighted by Gasteiger charge is 2.24. The Morgan fingerprint density at radius 2 is 2.00 bits per heavy atom. The molecule has 0 aliphatic heterocycles. The number of hydrogen-bond acceptors (Lipinski definition) is 6. The molecule has 0 saturated carbocycles. The number of benzene rings is 2. The summed E-state index contributed by atoms with van der Waals surface area (Å²) in [5.41, 5.74) is 6.99. The van der Waals surface area contributed by atoms with Crippen molar-refractivity contribution < 1.29 is 18.3 Å². The zero-order chi connectivity index (χ0) is 25.1. The minimum Gasteiger partial charge on any atom is -0.457 e. The molecule has 0 fully saturated rings. The molecule has 0 bridgehead atoms. The lowest BCUT2D eigenvalue weighted by molar-refractivity contribution is -0.126. The molecule has 1 amide bonds. The number of halogens is 2. The van der Waals surface area contributed by atoms with Crippen LogP contribution < -0.4 is 10.5 Å². The van der Waals surface area contributed by atoms with E-state index < -0.39 is 11.6 Å². The molecule has 2 N–H and O–H groups in total. The summed E-state index contributed by atoms with van der Waals surface area (Å²) in [7, 11) is 0. The number of nitrogen functional groups attached to an aromatic ring is 1. The van der Waals surface area contributed by atoms with Gasteiger partial charge in [0.15, 0.2) is 5.65 Å². The fourth-order valence-electron chi connectivity index (χ4n) is 3.81. The summed E-state index contributed by atoms with van der Waals surface area (Å²) in [6.07, 6.45) is 2.57. The summed E-state index contributed by atoms with van der Waals surface area (Å²) < 4.78 is 35.9. The zero-order valence-corrected chi connectivity index (χ0v) is 19.3. The molecule has 2 aromatic carbocycles. The van der Waals surface area contributed by atoms with Gasteiger partial charge in [-0.3, -0.25) is 4.79 Å². The number of carbonyl (C=O) groups excluding carboxylic acids is 1. The van der Waals surface area contributed by atoms with Gasteiger partial charge >= 0.3 is 0 Å². The van der Waals surface area contributed by atoms with Crippen LogP contribution in [0.1, 0.15) is 19.9 Å². The van der Waals surface area contributed by atoms with Crippen LogP contribution in [0.15, 0.2) is 61.4 Å². The standard InChI is InChI=1S/C25H24F2N6O2/c1-4-21(34)32(5-2)13-15(3)33-25-22(24(28)29-14-30-25)23(31-33)19-10-9-18(12-20(19)27)35-17-8-6-7-16(26)11-17/h4,6-12,14-15H,1,5,13H2,2-3H3,(H2,28,29,30)/t15-/m0/s1. The van der Waals surface area contributed by atoms with Crippen LogP contribution in [0.2, 0.25) is 0 Å². The highest BCUT2D eigenvalue weighted by atomic mass is 19.1. The second kappa shape index (κ2) is 9.88. The van der Waals surface area contributed by atoms with Crippen molar-refractivity contribution in [3.63, 3.8) is 0 Å². The van der Waals surface area contributed by atoms with Crippen molar-refractivity contribution in [2.24, 2.45) is 0 Å². The van der Waals surface area contributed by atoms with E-state index in [4.69, 9.17) is 10.5 Å².